The number of thiazole rings is 1. The van der Waals surface area contributed by atoms with Gasteiger partial charge in [-0.1, -0.05) is 12.1 Å². The number of rotatable bonds is 5. The van der Waals surface area contributed by atoms with Gasteiger partial charge >= 0.3 is 0 Å². The van der Waals surface area contributed by atoms with Crippen LogP contribution in [0.25, 0.3) is 6.08 Å². The molecular formula is C15H14N2O4S2. The van der Waals surface area contributed by atoms with Crippen LogP contribution in [0.1, 0.15) is 28.0 Å². The molecule has 1 N–H and O–H groups in total. The summed E-state index contributed by atoms with van der Waals surface area (Å²) in [5.41, 5.74) is 0.986. The predicted molar refractivity (Wildman–Crippen MR) is 87.7 cm³/mol. The van der Waals surface area contributed by atoms with Gasteiger partial charge in [0.25, 0.3) is 15.9 Å². The third-order valence-electron chi connectivity index (χ3n) is 2.85. The Morgan fingerprint density at radius 1 is 1.22 bits per heavy atom. The van der Waals surface area contributed by atoms with Gasteiger partial charge in [-0.3, -0.25) is 9.59 Å². The van der Waals surface area contributed by atoms with Gasteiger partial charge in [0.15, 0.2) is 5.78 Å². The highest BCUT2D eigenvalue weighted by atomic mass is 32.2. The van der Waals surface area contributed by atoms with Crippen LogP contribution in [0.5, 0.6) is 0 Å². The van der Waals surface area contributed by atoms with E-state index in [-0.39, 0.29) is 10.7 Å². The van der Waals surface area contributed by atoms with E-state index in [1.807, 2.05) is 11.6 Å². The van der Waals surface area contributed by atoms with Crippen LogP contribution in [-0.4, -0.2) is 25.1 Å². The number of aromatic nitrogens is 1. The van der Waals surface area contributed by atoms with E-state index in [1.165, 1.54) is 48.6 Å². The minimum absolute atomic E-state index is 0.0891. The molecule has 0 atom stereocenters. The summed E-state index contributed by atoms with van der Waals surface area (Å²) < 4.78 is 26.1. The van der Waals surface area contributed by atoms with Gasteiger partial charge in [0.05, 0.1) is 15.6 Å². The highest BCUT2D eigenvalue weighted by Crippen LogP contribution is 2.12. The average molecular weight is 350 g/mol. The molecule has 0 spiro atoms. The average Bonchev–Trinajstić information content (AvgIpc) is 2.90. The van der Waals surface area contributed by atoms with Crippen molar-refractivity contribution in [3.63, 3.8) is 0 Å². The van der Waals surface area contributed by atoms with E-state index < -0.39 is 15.9 Å². The van der Waals surface area contributed by atoms with E-state index >= 15 is 0 Å². The highest BCUT2D eigenvalue weighted by molar-refractivity contribution is 7.90. The quantitative estimate of drug-likeness (QED) is 0.659. The summed E-state index contributed by atoms with van der Waals surface area (Å²) in [5, 5.41) is 2.61. The van der Waals surface area contributed by atoms with Gasteiger partial charge in [0.1, 0.15) is 0 Å². The first-order valence-electron chi connectivity index (χ1n) is 6.56. The number of hydrogen-bond acceptors (Lipinski definition) is 6. The Morgan fingerprint density at radius 2 is 1.87 bits per heavy atom. The summed E-state index contributed by atoms with van der Waals surface area (Å²) in [6, 6.07) is 5.35. The molecule has 6 nitrogen and oxygen atoms in total. The van der Waals surface area contributed by atoms with Crippen LogP contribution in [0.2, 0.25) is 0 Å². The van der Waals surface area contributed by atoms with Gasteiger partial charge in [-0.2, -0.15) is 0 Å². The lowest BCUT2D eigenvalue weighted by molar-refractivity contribution is -0.114. The normalized spacial score (nSPS) is 11.6. The molecule has 1 heterocycles. The van der Waals surface area contributed by atoms with Crippen molar-refractivity contribution in [1.82, 2.24) is 9.71 Å². The maximum Gasteiger partial charge on any atom is 0.264 e. The third kappa shape index (κ3) is 4.57. The van der Waals surface area contributed by atoms with Gasteiger partial charge in [-0.25, -0.2) is 18.1 Å². The van der Waals surface area contributed by atoms with Gasteiger partial charge in [-0.05, 0) is 32.1 Å². The van der Waals surface area contributed by atoms with Crippen molar-refractivity contribution in [3.8, 4) is 0 Å². The largest absolute Gasteiger partial charge is 0.295 e. The number of carbonyl (C=O) groups is 2. The summed E-state index contributed by atoms with van der Waals surface area (Å²) in [5.74, 6) is -0.939. The van der Waals surface area contributed by atoms with E-state index in [1.54, 1.807) is 5.38 Å². The second-order valence-corrected chi connectivity index (χ2v) is 7.42. The molecule has 0 fully saturated rings. The lowest BCUT2D eigenvalue weighted by Crippen LogP contribution is -2.29. The Balaban J connectivity index is 2.09. The standard InChI is InChI=1S/C15H14N2O4S2/c1-10(18)12-3-6-14(7-4-12)23(20,21)17-15(19)8-5-13-9-22-11(2)16-13/h3-9H,1-2H3,(H,17,19)/b8-5-. The SMILES string of the molecule is CC(=O)c1ccc(S(=O)(=O)NC(=O)/C=C\c2csc(C)n2)cc1. The number of nitrogens with zero attached hydrogens (tertiary/aromatic N) is 1. The number of amides is 1. The highest BCUT2D eigenvalue weighted by Gasteiger charge is 2.16. The zero-order chi connectivity index (χ0) is 17.0. The zero-order valence-electron chi connectivity index (χ0n) is 12.4. The van der Waals surface area contributed by atoms with Crippen LogP contribution in [-0.2, 0) is 14.8 Å². The van der Waals surface area contributed by atoms with Crippen molar-refractivity contribution in [3.05, 3.63) is 52.0 Å². The maximum atomic E-state index is 12.1. The van der Waals surface area contributed by atoms with E-state index in [2.05, 4.69) is 4.98 Å². The maximum absolute atomic E-state index is 12.1. The van der Waals surface area contributed by atoms with Gasteiger partial charge in [-0.15, -0.1) is 11.3 Å². The van der Waals surface area contributed by atoms with Crippen molar-refractivity contribution in [2.24, 2.45) is 0 Å². The molecule has 0 bridgehead atoms. The fourth-order valence-electron chi connectivity index (χ4n) is 1.71. The monoisotopic (exact) mass is 350 g/mol. The van der Waals surface area contributed by atoms with Gasteiger partial charge < -0.3 is 0 Å². The number of ketones is 1. The second-order valence-electron chi connectivity index (χ2n) is 4.68. The first kappa shape index (κ1) is 17.0. The minimum atomic E-state index is -3.98. The Labute approximate surface area is 137 Å². The van der Waals surface area contributed by atoms with Crippen molar-refractivity contribution < 1.29 is 18.0 Å². The second kappa shape index (κ2) is 6.84. The summed E-state index contributed by atoms with van der Waals surface area (Å²) >= 11 is 1.43. The molecule has 0 aliphatic rings. The Hall–Kier alpha value is -2.32. The Morgan fingerprint density at radius 3 is 2.39 bits per heavy atom. The summed E-state index contributed by atoms with van der Waals surface area (Å²) in [7, 11) is -3.98. The predicted octanol–water partition coefficient (Wildman–Crippen LogP) is 2.17. The van der Waals surface area contributed by atoms with E-state index in [0.717, 1.165) is 11.1 Å². The van der Waals surface area contributed by atoms with Crippen LogP contribution in [0, 0.1) is 6.92 Å². The molecule has 8 heteroatoms. The summed E-state index contributed by atoms with van der Waals surface area (Å²) in [4.78, 5) is 26.9. The first-order valence-corrected chi connectivity index (χ1v) is 8.92. The molecule has 0 saturated heterocycles. The molecule has 0 unspecified atom stereocenters. The summed E-state index contributed by atoms with van der Waals surface area (Å²) in [6.45, 7) is 3.22. The molecule has 0 aliphatic carbocycles. The molecule has 0 aliphatic heterocycles. The van der Waals surface area contributed by atoms with E-state index in [4.69, 9.17) is 0 Å². The smallest absolute Gasteiger partial charge is 0.264 e. The first-order chi connectivity index (χ1) is 10.8. The number of nitrogens with one attached hydrogen (secondary N) is 1. The molecular weight excluding hydrogens is 336 g/mol. The van der Waals surface area contributed by atoms with Crippen molar-refractivity contribution in [2.75, 3.05) is 0 Å². The topological polar surface area (TPSA) is 93.2 Å². The minimum Gasteiger partial charge on any atom is -0.295 e. The zero-order valence-corrected chi connectivity index (χ0v) is 14.1. The molecule has 2 aromatic rings. The number of benzene rings is 1. The van der Waals surface area contributed by atoms with Crippen molar-refractivity contribution in [2.45, 2.75) is 18.7 Å². The van der Waals surface area contributed by atoms with E-state index in [0.29, 0.717) is 11.3 Å². The molecule has 1 amide bonds. The van der Waals surface area contributed by atoms with Gasteiger partial charge in [0.2, 0.25) is 0 Å². The van der Waals surface area contributed by atoms with Crippen LogP contribution < -0.4 is 4.72 Å². The van der Waals surface area contributed by atoms with Crippen LogP contribution in [0.15, 0.2) is 40.6 Å². The Kier molecular flexibility index (Phi) is 5.07. The number of hydrogen-bond donors (Lipinski definition) is 1. The van der Waals surface area contributed by atoms with Crippen LogP contribution in [0.4, 0.5) is 0 Å². The molecule has 1 aromatic carbocycles. The van der Waals surface area contributed by atoms with Crippen LogP contribution >= 0.6 is 11.3 Å². The van der Waals surface area contributed by atoms with Crippen molar-refractivity contribution >= 4 is 39.1 Å². The number of sulfonamides is 1. The number of carbonyl (C=O) groups excluding carboxylic acids is 2. The lowest BCUT2D eigenvalue weighted by Gasteiger charge is -2.05. The van der Waals surface area contributed by atoms with Gasteiger partial charge in [0, 0.05) is 17.0 Å². The molecule has 1 aromatic heterocycles. The summed E-state index contributed by atoms with van der Waals surface area (Å²) in [6.07, 6.45) is 2.54. The molecule has 120 valence electrons. The number of Topliss-reactive ketones (excluding diaryl/α,β-unsaturated/α-hetero) is 1. The van der Waals surface area contributed by atoms with Crippen LogP contribution in [0.3, 0.4) is 0 Å². The number of aryl methyl sites for hydroxylation is 1. The molecule has 2 rings (SSSR count). The third-order valence-corrected chi connectivity index (χ3v) is 5.00. The fourth-order valence-corrected chi connectivity index (χ4v) is 3.24. The molecule has 0 saturated carbocycles. The molecule has 23 heavy (non-hydrogen) atoms. The van der Waals surface area contributed by atoms with E-state index in [9.17, 15) is 18.0 Å². The molecule has 0 radical (unpaired) electrons. The Bertz CT molecular complexity index is 865. The lowest BCUT2D eigenvalue weighted by atomic mass is 10.2. The van der Waals surface area contributed by atoms with Crippen molar-refractivity contribution in [1.29, 1.82) is 0 Å². The fraction of sp³-hybridized carbons (Fsp3) is 0.133.